The van der Waals surface area contributed by atoms with E-state index < -0.39 is 17.0 Å². The van der Waals surface area contributed by atoms with Gasteiger partial charge in [0, 0.05) is 47.7 Å². The van der Waals surface area contributed by atoms with Gasteiger partial charge >= 0.3 is 0 Å². The minimum atomic E-state index is -0.608. The lowest BCUT2D eigenvalue weighted by atomic mass is 9.66. The van der Waals surface area contributed by atoms with Crippen molar-refractivity contribution in [2.45, 2.75) is 52.0 Å². The van der Waals surface area contributed by atoms with E-state index in [1.54, 1.807) is 6.20 Å². The molecule has 0 bridgehead atoms. The molecule has 36 heavy (non-hydrogen) atoms. The molecule has 5 rings (SSSR count). The maximum absolute atomic E-state index is 14.3. The molecule has 1 aliphatic heterocycles. The number of aryl methyl sites for hydroxylation is 1. The summed E-state index contributed by atoms with van der Waals surface area (Å²) >= 11 is 0. The van der Waals surface area contributed by atoms with Crippen LogP contribution in [0.4, 0.5) is 8.78 Å². The minimum Gasteiger partial charge on any atom is -0.396 e. The van der Waals surface area contributed by atoms with Gasteiger partial charge in [-0.25, -0.2) is 8.78 Å². The minimum absolute atomic E-state index is 0.0710. The van der Waals surface area contributed by atoms with Crippen molar-refractivity contribution in [2.24, 2.45) is 16.3 Å². The second-order valence-corrected chi connectivity index (χ2v) is 10.4. The summed E-state index contributed by atoms with van der Waals surface area (Å²) in [5, 5.41) is 10.3. The predicted octanol–water partition coefficient (Wildman–Crippen LogP) is 6.00. The third kappa shape index (κ3) is 5.00. The number of hydrogen-bond donors (Lipinski definition) is 1. The molecular weight excluding hydrogens is 458 g/mol. The van der Waals surface area contributed by atoms with Gasteiger partial charge < -0.3 is 5.11 Å². The average molecular weight is 489 g/mol. The largest absolute Gasteiger partial charge is 0.396 e. The summed E-state index contributed by atoms with van der Waals surface area (Å²) in [4.78, 5) is 22.3. The van der Waals surface area contributed by atoms with Crippen LogP contribution in [0.3, 0.4) is 0 Å². The highest BCUT2D eigenvalue weighted by atomic mass is 19.1. The van der Waals surface area contributed by atoms with Gasteiger partial charge in [0.15, 0.2) is 5.78 Å². The number of rotatable bonds is 7. The molecule has 2 aliphatic rings. The van der Waals surface area contributed by atoms with E-state index in [-0.39, 0.29) is 18.3 Å². The van der Waals surface area contributed by atoms with Gasteiger partial charge in [0.05, 0.1) is 12.3 Å². The van der Waals surface area contributed by atoms with Crippen LogP contribution in [0.15, 0.2) is 59.7 Å². The van der Waals surface area contributed by atoms with E-state index in [9.17, 15) is 18.7 Å². The van der Waals surface area contributed by atoms with Gasteiger partial charge in [0.1, 0.15) is 11.6 Å². The van der Waals surface area contributed by atoms with E-state index >= 15 is 0 Å². The Balaban J connectivity index is 1.31. The molecule has 0 amide bonds. The SMILES string of the molecule is Cc1cc(C2=NCc3ccc(C(=O)CC4CCCC(CO)(Cc5ccc(F)cc5F)C4)cc32)ccn1. The van der Waals surface area contributed by atoms with E-state index in [1.807, 2.05) is 37.3 Å². The number of benzene rings is 2. The number of pyridine rings is 1. The first kappa shape index (κ1) is 24.4. The number of carbonyl (C=O) groups is 1. The Labute approximate surface area is 210 Å². The Morgan fingerprint density at radius 2 is 2.00 bits per heavy atom. The van der Waals surface area contributed by atoms with Crippen molar-refractivity contribution in [3.05, 3.63) is 99.9 Å². The predicted molar refractivity (Wildman–Crippen MR) is 135 cm³/mol. The van der Waals surface area contributed by atoms with Crippen molar-refractivity contribution >= 4 is 11.5 Å². The van der Waals surface area contributed by atoms with Crippen molar-refractivity contribution in [2.75, 3.05) is 6.61 Å². The molecule has 4 nitrogen and oxygen atoms in total. The molecule has 1 fully saturated rings. The lowest BCUT2D eigenvalue weighted by molar-refractivity contribution is 0.0513. The van der Waals surface area contributed by atoms with Crippen LogP contribution in [0.2, 0.25) is 0 Å². The normalized spacial score (nSPS) is 21.2. The molecule has 1 aliphatic carbocycles. The molecule has 0 spiro atoms. The first-order valence-corrected chi connectivity index (χ1v) is 12.5. The highest BCUT2D eigenvalue weighted by molar-refractivity contribution is 6.16. The second kappa shape index (κ2) is 10.0. The molecular formula is C30H30F2N2O2. The smallest absolute Gasteiger partial charge is 0.163 e. The summed E-state index contributed by atoms with van der Waals surface area (Å²) < 4.78 is 27.7. The number of halogens is 2. The third-order valence-electron chi connectivity index (χ3n) is 7.70. The summed E-state index contributed by atoms with van der Waals surface area (Å²) in [6.45, 7) is 2.46. The Morgan fingerprint density at radius 1 is 1.14 bits per heavy atom. The zero-order chi connectivity index (χ0) is 25.3. The standard InChI is InChI=1S/C30H30F2N2O2/c1-19-11-22(8-10-33-19)29-26-13-21(4-5-24(26)17-34-29)28(36)12-20-3-2-9-30(15-20,18-35)16-23-6-7-25(31)14-27(23)32/h4-8,10-11,13-14,20,35H,2-3,9,12,15-18H2,1H3. The van der Waals surface area contributed by atoms with E-state index in [2.05, 4.69) is 4.98 Å². The number of aliphatic hydroxyl groups excluding tert-OH is 1. The third-order valence-corrected chi connectivity index (χ3v) is 7.70. The molecule has 6 heteroatoms. The average Bonchev–Trinajstić information content (AvgIpc) is 3.29. The molecule has 1 aromatic heterocycles. The molecule has 1 N–H and O–H groups in total. The molecule has 186 valence electrons. The number of nitrogens with zero attached hydrogens (tertiary/aromatic N) is 2. The molecule has 0 radical (unpaired) electrons. The van der Waals surface area contributed by atoms with Gasteiger partial charge in [-0.15, -0.1) is 0 Å². The number of aliphatic imine (C=N–C) groups is 1. The van der Waals surface area contributed by atoms with E-state index in [4.69, 9.17) is 4.99 Å². The van der Waals surface area contributed by atoms with Crippen molar-refractivity contribution in [1.82, 2.24) is 4.98 Å². The van der Waals surface area contributed by atoms with E-state index in [0.717, 1.165) is 53.4 Å². The molecule has 2 heterocycles. The Kier molecular flexibility index (Phi) is 6.80. The lowest BCUT2D eigenvalue weighted by Gasteiger charge is -2.40. The second-order valence-electron chi connectivity index (χ2n) is 10.4. The number of carbonyl (C=O) groups excluding carboxylic acids is 1. The number of hydrogen-bond acceptors (Lipinski definition) is 4. The van der Waals surface area contributed by atoms with Crippen LogP contribution in [-0.2, 0) is 13.0 Å². The van der Waals surface area contributed by atoms with E-state index in [0.29, 0.717) is 36.9 Å². The van der Waals surface area contributed by atoms with Gasteiger partial charge in [0.2, 0.25) is 0 Å². The van der Waals surface area contributed by atoms with Crippen LogP contribution in [0, 0.1) is 29.9 Å². The quantitative estimate of drug-likeness (QED) is 0.415. The first-order valence-electron chi connectivity index (χ1n) is 12.5. The summed E-state index contributed by atoms with van der Waals surface area (Å²) in [5.74, 6) is -1.02. The van der Waals surface area contributed by atoms with Gasteiger partial charge in [-0.1, -0.05) is 24.6 Å². The van der Waals surface area contributed by atoms with E-state index in [1.165, 1.54) is 12.1 Å². The zero-order valence-corrected chi connectivity index (χ0v) is 20.4. The van der Waals surface area contributed by atoms with Crippen molar-refractivity contribution in [3.8, 4) is 0 Å². The van der Waals surface area contributed by atoms with Crippen molar-refractivity contribution in [1.29, 1.82) is 0 Å². The number of aliphatic hydroxyl groups is 1. The van der Waals surface area contributed by atoms with Crippen molar-refractivity contribution in [3.63, 3.8) is 0 Å². The maximum Gasteiger partial charge on any atom is 0.163 e. The first-order chi connectivity index (χ1) is 17.4. The fourth-order valence-electron chi connectivity index (χ4n) is 5.86. The number of fused-ring (bicyclic) bond motifs is 1. The van der Waals surface area contributed by atoms with Gasteiger partial charge in [-0.2, -0.15) is 0 Å². The van der Waals surface area contributed by atoms with Crippen molar-refractivity contribution < 1.29 is 18.7 Å². The van der Waals surface area contributed by atoms with Crippen LogP contribution < -0.4 is 0 Å². The highest BCUT2D eigenvalue weighted by Crippen LogP contribution is 2.43. The fraction of sp³-hybridized carbons (Fsp3) is 0.367. The fourth-order valence-corrected chi connectivity index (χ4v) is 5.86. The maximum atomic E-state index is 14.3. The lowest BCUT2D eigenvalue weighted by Crippen LogP contribution is -2.35. The van der Waals surface area contributed by atoms with Gasteiger partial charge in [-0.3, -0.25) is 14.8 Å². The Bertz CT molecular complexity index is 1340. The van der Waals surface area contributed by atoms with Gasteiger partial charge in [0.25, 0.3) is 0 Å². The summed E-state index contributed by atoms with van der Waals surface area (Å²) in [6, 6.07) is 13.4. The van der Waals surface area contributed by atoms with Crippen LogP contribution >= 0.6 is 0 Å². The molecule has 2 unspecified atom stereocenters. The Morgan fingerprint density at radius 3 is 2.78 bits per heavy atom. The summed E-state index contributed by atoms with van der Waals surface area (Å²) in [5.41, 5.74) is 5.48. The monoisotopic (exact) mass is 488 g/mol. The number of Topliss-reactive ketones (excluding diaryl/α,β-unsaturated/α-hetero) is 1. The molecule has 2 atom stereocenters. The summed E-state index contributed by atoms with van der Waals surface area (Å²) in [7, 11) is 0. The number of ketones is 1. The molecule has 2 aromatic carbocycles. The molecule has 1 saturated carbocycles. The van der Waals surface area contributed by atoms with Crippen LogP contribution in [0.5, 0.6) is 0 Å². The number of aromatic nitrogens is 1. The van der Waals surface area contributed by atoms with Crippen LogP contribution in [-0.4, -0.2) is 28.2 Å². The summed E-state index contributed by atoms with van der Waals surface area (Å²) in [6.07, 6.45) is 5.65. The Hall–Kier alpha value is -3.25. The zero-order valence-electron chi connectivity index (χ0n) is 20.4. The molecule has 0 saturated heterocycles. The highest BCUT2D eigenvalue weighted by Gasteiger charge is 2.37. The van der Waals surface area contributed by atoms with Crippen LogP contribution in [0.25, 0.3) is 0 Å². The topological polar surface area (TPSA) is 62.5 Å². The molecule has 3 aromatic rings. The van der Waals surface area contributed by atoms with Gasteiger partial charge in [-0.05, 0) is 79.3 Å². The van der Waals surface area contributed by atoms with Crippen LogP contribution in [0.1, 0.15) is 70.4 Å².